The molecular weight excluding hydrogens is 526 g/mol. The number of fused-ring (bicyclic) bond motifs is 1. The fourth-order valence-corrected chi connectivity index (χ4v) is 4.81. The lowest BCUT2D eigenvalue weighted by molar-refractivity contribution is -0.140. The Labute approximate surface area is 241 Å². The van der Waals surface area contributed by atoms with Gasteiger partial charge in [-0.05, 0) is 40.6 Å². The van der Waals surface area contributed by atoms with Gasteiger partial charge >= 0.3 is 5.97 Å². The minimum atomic E-state index is -0.683. The topological polar surface area (TPSA) is 120 Å². The normalized spacial score (nSPS) is 17.1. The molecular formula is C30H41N5O6. The van der Waals surface area contributed by atoms with Gasteiger partial charge in [-0.3, -0.25) is 10.3 Å². The third kappa shape index (κ3) is 10.1. The molecule has 2 heterocycles. The summed E-state index contributed by atoms with van der Waals surface area (Å²) in [5, 5.41) is 22.6. The van der Waals surface area contributed by atoms with Gasteiger partial charge in [0, 0.05) is 58.0 Å². The van der Waals surface area contributed by atoms with Crippen molar-refractivity contribution in [1.29, 1.82) is 5.26 Å². The summed E-state index contributed by atoms with van der Waals surface area (Å²) in [6, 6.07) is 14.2. The van der Waals surface area contributed by atoms with Gasteiger partial charge in [0.15, 0.2) is 0 Å². The summed E-state index contributed by atoms with van der Waals surface area (Å²) >= 11 is 0. The quantitative estimate of drug-likeness (QED) is 0.140. The van der Waals surface area contributed by atoms with Crippen LogP contribution >= 0.6 is 0 Å². The van der Waals surface area contributed by atoms with Crippen molar-refractivity contribution in [3.8, 4) is 6.07 Å². The third-order valence-electron chi connectivity index (χ3n) is 7.08. The van der Waals surface area contributed by atoms with Crippen molar-refractivity contribution in [2.45, 2.75) is 0 Å². The smallest absolute Gasteiger partial charge is 0.348 e. The third-order valence-corrected chi connectivity index (χ3v) is 7.08. The number of nitriles is 1. The number of carbonyl (C=O) groups is 1. The number of hydrogen-bond acceptors (Lipinski definition) is 11. The van der Waals surface area contributed by atoms with E-state index in [-0.39, 0.29) is 32.0 Å². The molecule has 222 valence electrons. The summed E-state index contributed by atoms with van der Waals surface area (Å²) in [7, 11) is 0. The van der Waals surface area contributed by atoms with Gasteiger partial charge in [-0.25, -0.2) is 9.80 Å². The van der Waals surface area contributed by atoms with Gasteiger partial charge in [0.25, 0.3) is 0 Å². The lowest BCUT2D eigenvalue weighted by Gasteiger charge is -2.37. The van der Waals surface area contributed by atoms with Gasteiger partial charge in [-0.2, -0.15) is 5.26 Å². The molecule has 2 aliphatic rings. The average Bonchev–Trinajstić information content (AvgIpc) is 3.01. The minimum absolute atomic E-state index is 0.0361. The van der Waals surface area contributed by atoms with Gasteiger partial charge in [-0.15, -0.1) is 0 Å². The molecule has 0 unspecified atom stereocenters. The van der Waals surface area contributed by atoms with Gasteiger partial charge in [0.05, 0.1) is 46.2 Å². The van der Waals surface area contributed by atoms with E-state index in [0.29, 0.717) is 13.2 Å². The molecule has 0 aromatic heterocycles. The SMILES string of the molecule is N#CC(=Cc1ccc2cc(N3CCN(NCCN4CCOCC4)CC3)ccc2c1)C(=O)OCCOCCOCCO. The maximum Gasteiger partial charge on any atom is 0.348 e. The fraction of sp³-hybridized carbons (Fsp3) is 0.533. The van der Waals surface area contributed by atoms with Crippen LogP contribution in [0.3, 0.4) is 0 Å². The first kappa shape index (κ1) is 30.9. The molecule has 0 saturated carbocycles. The number of anilines is 1. The molecule has 2 aromatic rings. The van der Waals surface area contributed by atoms with Gasteiger partial charge in [0.1, 0.15) is 18.2 Å². The average molecular weight is 568 g/mol. The highest BCUT2D eigenvalue weighted by Gasteiger charge is 2.18. The van der Waals surface area contributed by atoms with Crippen LogP contribution in [0.5, 0.6) is 0 Å². The minimum Gasteiger partial charge on any atom is -0.459 e. The molecule has 11 nitrogen and oxygen atoms in total. The molecule has 2 saturated heterocycles. The number of rotatable bonds is 15. The molecule has 2 aliphatic heterocycles. The van der Waals surface area contributed by atoms with Crippen molar-refractivity contribution in [3.63, 3.8) is 0 Å². The van der Waals surface area contributed by atoms with Crippen LogP contribution in [0.4, 0.5) is 5.69 Å². The van der Waals surface area contributed by atoms with E-state index in [2.05, 4.69) is 38.4 Å². The van der Waals surface area contributed by atoms with Crippen molar-refractivity contribution < 1.29 is 28.8 Å². The molecule has 2 fully saturated rings. The zero-order valence-corrected chi connectivity index (χ0v) is 23.6. The van der Waals surface area contributed by atoms with Gasteiger partial charge in [0.2, 0.25) is 0 Å². The molecule has 0 radical (unpaired) electrons. The molecule has 11 heteroatoms. The highest BCUT2D eigenvalue weighted by atomic mass is 16.6. The second kappa shape index (κ2) is 17.0. The number of ether oxygens (including phenoxy) is 4. The molecule has 0 amide bonds. The highest BCUT2D eigenvalue weighted by molar-refractivity contribution is 5.98. The predicted octanol–water partition coefficient (Wildman–Crippen LogP) is 1.27. The number of esters is 1. The Hall–Kier alpha value is -3.08. The molecule has 0 aliphatic carbocycles. The molecule has 41 heavy (non-hydrogen) atoms. The first-order valence-corrected chi connectivity index (χ1v) is 14.3. The summed E-state index contributed by atoms with van der Waals surface area (Å²) in [5.41, 5.74) is 5.46. The van der Waals surface area contributed by atoms with E-state index in [1.54, 1.807) is 6.08 Å². The van der Waals surface area contributed by atoms with E-state index in [9.17, 15) is 10.1 Å². The van der Waals surface area contributed by atoms with Crippen molar-refractivity contribution in [2.75, 3.05) is 110 Å². The number of nitrogens with one attached hydrogen (secondary N) is 1. The van der Waals surface area contributed by atoms with E-state index in [1.807, 2.05) is 24.3 Å². The first-order chi connectivity index (χ1) is 20.2. The number of hydrogen-bond donors (Lipinski definition) is 2. The molecule has 0 atom stereocenters. The first-order valence-electron chi connectivity index (χ1n) is 14.3. The lowest BCUT2D eigenvalue weighted by Crippen LogP contribution is -2.53. The van der Waals surface area contributed by atoms with E-state index in [1.165, 1.54) is 5.69 Å². The van der Waals surface area contributed by atoms with E-state index >= 15 is 0 Å². The number of hydrazine groups is 1. The lowest BCUT2D eigenvalue weighted by atomic mass is 10.0. The largest absolute Gasteiger partial charge is 0.459 e. The van der Waals surface area contributed by atoms with Crippen LogP contribution in [0, 0.1) is 11.3 Å². The van der Waals surface area contributed by atoms with E-state index in [0.717, 1.165) is 81.9 Å². The fourth-order valence-electron chi connectivity index (χ4n) is 4.81. The van der Waals surface area contributed by atoms with Crippen LogP contribution in [0.25, 0.3) is 16.8 Å². The zero-order chi connectivity index (χ0) is 28.7. The van der Waals surface area contributed by atoms with E-state index < -0.39 is 5.97 Å². The summed E-state index contributed by atoms with van der Waals surface area (Å²) in [6.45, 7) is 10.7. The number of piperazine rings is 1. The zero-order valence-electron chi connectivity index (χ0n) is 23.6. The number of nitrogens with zero attached hydrogens (tertiary/aromatic N) is 4. The summed E-state index contributed by atoms with van der Waals surface area (Å²) in [6.07, 6.45) is 1.55. The molecule has 0 spiro atoms. The van der Waals surface area contributed by atoms with Crippen molar-refractivity contribution in [1.82, 2.24) is 15.3 Å². The maximum absolute atomic E-state index is 12.3. The molecule has 0 bridgehead atoms. The Kier molecular flexibility index (Phi) is 12.8. The van der Waals surface area contributed by atoms with Crippen LogP contribution in [0.15, 0.2) is 42.0 Å². The summed E-state index contributed by atoms with van der Waals surface area (Å²) < 4.78 is 21.0. The Morgan fingerprint density at radius 1 is 0.951 bits per heavy atom. The molecule has 4 rings (SSSR count). The number of aliphatic hydroxyl groups is 1. The Morgan fingerprint density at radius 2 is 1.66 bits per heavy atom. The van der Waals surface area contributed by atoms with Gasteiger partial charge in [-0.1, -0.05) is 18.2 Å². The van der Waals surface area contributed by atoms with E-state index in [4.69, 9.17) is 24.1 Å². The van der Waals surface area contributed by atoms with Crippen molar-refractivity contribution >= 4 is 28.5 Å². The van der Waals surface area contributed by atoms with Crippen LogP contribution in [0.2, 0.25) is 0 Å². The second-order valence-electron chi connectivity index (χ2n) is 9.88. The van der Waals surface area contributed by atoms with Crippen molar-refractivity contribution in [2.24, 2.45) is 0 Å². The summed E-state index contributed by atoms with van der Waals surface area (Å²) in [5.74, 6) is -0.683. The number of aliphatic hydroxyl groups excluding tert-OH is 1. The second-order valence-corrected chi connectivity index (χ2v) is 9.88. The number of morpholine rings is 1. The Bertz CT molecular complexity index is 1170. The molecule has 2 aromatic carbocycles. The van der Waals surface area contributed by atoms with Crippen LogP contribution in [0.1, 0.15) is 5.56 Å². The number of benzene rings is 2. The van der Waals surface area contributed by atoms with Crippen molar-refractivity contribution in [3.05, 3.63) is 47.5 Å². The predicted molar refractivity (Wildman–Crippen MR) is 156 cm³/mol. The van der Waals surface area contributed by atoms with Crippen LogP contribution in [-0.4, -0.2) is 126 Å². The maximum atomic E-state index is 12.3. The van der Waals surface area contributed by atoms with Gasteiger partial charge < -0.3 is 29.0 Å². The Balaban J connectivity index is 1.23. The highest BCUT2D eigenvalue weighted by Crippen LogP contribution is 2.25. The summed E-state index contributed by atoms with van der Waals surface area (Å²) in [4.78, 5) is 17.2. The molecule has 2 N–H and O–H groups in total. The van der Waals surface area contributed by atoms with Crippen LogP contribution in [-0.2, 0) is 23.7 Å². The Morgan fingerprint density at radius 3 is 2.41 bits per heavy atom. The van der Waals surface area contributed by atoms with Crippen LogP contribution < -0.4 is 10.3 Å². The monoisotopic (exact) mass is 567 g/mol. The standard InChI is InChI=1S/C30H41N5O6/c31-24-28(30(37)41-20-19-40-18-17-39-16-13-36)22-25-1-2-27-23-29(4-3-26(27)21-25)34-7-9-35(10-8-34)32-5-6-33-11-14-38-15-12-33/h1-4,21-23,32,36H,5-20H2. The number of carbonyl (C=O) groups excluding carboxylic acids is 1.